The van der Waals surface area contributed by atoms with Crippen LogP contribution in [0.25, 0.3) is 11.4 Å². The summed E-state index contributed by atoms with van der Waals surface area (Å²) in [4.78, 5) is 0. The van der Waals surface area contributed by atoms with Gasteiger partial charge in [-0.25, -0.2) is 13.1 Å². The van der Waals surface area contributed by atoms with Gasteiger partial charge in [0, 0.05) is 17.5 Å². The minimum absolute atomic E-state index is 0.0139. The van der Waals surface area contributed by atoms with Gasteiger partial charge in [-0.3, -0.25) is 0 Å². The average molecular weight is 281 g/mol. The van der Waals surface area contributed by atoms with E-state index in [0.29, 0.717) is 11.5 Å². The first-order chi connectivity index (χ1) is 8.87. The zero-order valence-electron chi connectivity index (χ0n) is 10.7. The van der Waals surface area contributed by atoms with Crippen molar-refractivity contribution >= 4 is 15.5 Å². The van der Waals surface area contributed by atoms with E-state index in [9.17, 15) is 8.42 Å². The molecular weight excluding hydrogens is 266 g/mol. The van der Waals surface area contributed by atoms with Crippen molar-refractivity contribution in [3.05, 3.63) is 24.3 Å². The third-order valence-electron chi connectivity index (χ3n) is 2.62. The van der Waals surface area contributed by atoms with E-state index in [4.69, 9.17) is 5.73 Å². The molecule has 1 aromatic heterocycles. The minimum atomic E-state index is -3.09. The van der Waals surface area contributed by atoms with Gasteiger partial charge in [0.15, 0.2) is 5.82 Å². The van der Waals surface area contributed by atoms with E-state index in [0.717, 1.165) is 5.56 Å². The summed E-state index contributed by atoms with van der Waals surface area (Å²) in [5.74, 6) is 0.510. The molecule has 0 amide bonds. The number of sulfone groups is 1. The Morgan fingerprint density at radius 1 is 1.32 bits per heavy atom. The molecule has 0 fully saturated rings. The lowest BCUT2D eigenvalue weighted by atomic mass is 10.2. The van der Waals surface area contributed by atoms with E-state index in [1.165, 1.54) is 10.9 Å². The van der Waals surface area contributed by atoms with Crippen LogP contribution >= 0.6 is 0 Å². The van der Waals surface area contributed by atoms with Gasteiger partial charge < -0.3 is 5.73 Å². The van der Waals surface area contributed by atoms with Crippen LogP contribution in [0.1, 0.15) is 13.0 Å². The van der Waals surface area contributed by atoms with E-state index in [1.807, 2.05) is 0 Å². The number of rotatable bonds is 4. The second-order valence-corrected chi connectivity index (χ2v) is 6.70. The molecule has 1 heterocycles. The van der Waals surface area contributed by atoms with Crippen molar-refractivity contribution in [2.24, 2.45) is 0 Å². The van der Waals surface area contributed by atoms with Crippen molar-refractivity contribution in [1.82, 2.24) is 20.2 Å². The summed E-state index contributed by atoms with van der Waals surface area (Å²) in [5, 5.41) is 11.4. The molecule has 102 valence electrons. The Balaban J connectivity index is 2.34. The van der Waals surface area contributed by atoms with E-state index in [1.54, 1.807) is 31.2 Å². The molecule has 0 bridgehead atoms. The van der Waals surface area contributed by atoms with Crippen LogP contribution in [-0.2, 0) is 9.84 Å². The number of anilines is 1. The topological polar surface area (TPSA) is 104 Å². The monoisotopic (exact) mass is 281 g/mol. The summed E-state index contributed by atoms with van der Waals surface area (Å²) < 4.78 is 24.2. The molecule has 19 heavy (non-hydrogen) atoms. The summed E-state index contributed by atoms with van der Waals surface area (Å²) in [6, 6.07) is 6.75. The molecule has 7 nitrogen and oxygen atoms in total. The number of benzene rings is 1. The van der Waals surface area contributed by atoms with E-state index < -0.39 is 9.84 Å². The highest BCUT2D eigenvalue weighted by Gasteiger charge is 2.18. The average Bonchev–Trinajstić information content (AvgIpc) is 2.76. The third-order valence-corrected chi connectivity index (χ3v) is 3.71. The van der Waals surface area contributed by atoms with Crippen LogP contribution in [0.5, 0.6) is 0 Å². The summed E-state index contributed by atoms with van der Waals surface area (Å²) in [6.07, 6.45) is 1.19. The van der Waals surface area contributed by atoms with Crippen molar-refractivity contribution < 1.29 is 8.42 Å². The standard InChI is InChI=1S/C11H15N5O2S/c1-8(7-19(2,17)18)16-11(13-14-15-16)9-3-5-10(12)6-4-9/h3-6,8H,7,12H2,1-2H3. The first kappa shape index (κ1) is 13.5. The molecule has 1 aromatic carbocycles. The maximum atomic E-state index is 11.3. The molecule has 0 spiro atoms. The maximum absolute atomic E-state index is 11.3. The van der Waals surface area contributed by atoms with Crippen molar-refractivity contribution in [3.63, 3.8) is 0 Å². The number of tetrazole rings is 1. The zero-order valence-corrected chi connectivity index (χ0v) is 11.5. The smallest absolute Gasteiger partial charge is 0.182 e. The van der Waals surface area contributed by atoms with Crippen LogP contribution < -0.4 is 5.73 Å². The molecule has 0 saturated carbocycles. The van der Waals surface area contributed by atoms with Crippen LogP contribution in [-0.4, -0.2) is 40.6 Å². The van der Waals surface area contributed by atoms with Crippen molar-refractivity contribution in [2.75, 3.05) is 17.7 Å². The molecule has 2 rings (SSSR count). The summed E-state index contributed by atoms with van der Waals surface area (Å²) in [6.45, 7) is 1.76. The van der Waals surface area contributed by atoms with Crippen LogP contribution in [0.4, 0.5) is 5.69 Å². The molecule has 0 radical (unpaired) electrons. The molecule has 0 aliphatic rings. The van der Waals surface area contributed by atoms with Gasteiger partial charge in [-0.15, -0.1) is 5.10 Å². The fourth-order valence-corrected chi connectivity index (χ4v) is 2.84. The number of nitrogens with zero attached hydrogens (tertiary/aromatic N) is 4. The maximum Gasteiger partial charge on any atom is 0.182 e. The Morgan fingerprint density at radius 2 is 1.95 bits per heavy atom. The molecular formula is C11H15N5O2S. The van der Waals surface area contributed by atoms with Gasteiger partial charge in [-0.2, -0.15) is 0 Å². The van der Waals surface area contributed by atoms with Crippen molar-refractivity contribution in [1.29, 1.82) is 0 Å². The van der Waals surface area contributed by atoms with Crippen molar-refractivity contribution in [3.8, 4) is 11.4 Å². The molecule has 2 aromatic rings. The summed E-state index contributed by atoms with van der Waals surface area (Å²) in [7, 11) is -3.09. The summed E-state index contributed by atoms with van der Waals surface area (Å²) in [5.41, 5.74) is 7.06. The molecule has 8 heteroatoms. The predicted molar refractivity (Wildman–Crippen MR) is 72.1 cm³/mol. The van der Waals surface area contributed by atoms with Crippen LogP contribution in [0.15, 0.2) is 24.3 Å². The van der Waals surface area contributed by atoms with Gasteiger partial charge in [0.2, 0.25) is 0 Å². The van der Waals surface area contributed by atoms with Crippen LogP contribution in [0, 0.1) is 0 Å². The lowest BCUT2D eigenvalue weighted by molar-refractivity contribution is 0.509. The number of aromatic nitrogens is 4. The Kier molecular flexibility index (Phi) is 3.52. The van der Waals surface area contributed by atoms with Gasteiger partial charge in [-0.05, 0) is 41.6 Å². The molecule has 0 saturated heterocycles. The minimum Gasteiger partial charge on any atom is -0.399 e. The van der Waals surface area contributed by atoms with Gasteiger partial charge in [-0.1, -0.05) is 0 Å². The highest BCUT2D eigenvalue weighted by atomic mass is 32.2. The first-order valence-corrected chi connectivity index (χ1v) is 7.74. The second-order valence-electron chi connectivity index (χ2n) is 4.51. The highest BCUT2D eigenvalue weighted by molar-refractivity contribution is 7.90. The largest absolute Gasteiger partial charge is 0.399 e. The van der Waals surface area contributed by atoms with Crippen LogP contribution in [0.3, 0.4) is 0 Å². The first-order valence-electron chi connectivity index (χ1n) is 5.68. The van der Waals surface area contributed by atoms with Gasteiger partial charge in [0.25, 0.3) is 0 Å². The normalized spacial score (nSPS) is 13.4. The molecule has 0 aliphatic heterocycles. The zero-order chi connectivity index (χ0) is 14.0. The molecule has 1 unspecified atom stereocenters. The van der Waals surface area contributed by atoms with Crippen LogP contribution in [0.2, 0.25) is 0 Å². The number of hydrogen-bond donors (Lipinski definition) is 1. The number of nitrogen functional groups attached to an aromatic ring is 1. The third kappa shape index (κ3) is 3.28. The highest BCUT2D eigenvalue weighted by Crippen LogP contribution is 2.20. The Morgan fingerprint density at radius 3 is 2.53 bits per heavy atom. The fraction of sp³-hybridized carbons (Fsp3) is 0.364. The predicted octanol–water partition coefficient (Wildman–Crippen LogP) is 0.528. The van der Waals surface area contributed by atoms with Gasteiger partial charge >= 0.3 is 0 Å². The Bertz CT molecular complexity index is 663. The number of nitrogens with two attached hydrogens (primary N) is 1. The lowest BCUT2D eigenvalue weighted by Crippen LogP contribution is -2.18. The fourth-order valence-electron chi connectivity index (χ4n) is 1.82. The summed E-state index contributed by atoms with van der Waals surface area (Å²) >= 11 is 0. The molecule has 1 atom stereocenters. The quantitative estimate of drug-likeness (QED) is 0.820. The van der Waals surface area contributed by atoms with Gasteiger partial charge in [0.1, 0.15) is 9.84 Å². The molecule has 0 aliphatic carbocycles. The SMILES string of the molecule is CC(CS(C)(=O)=O)n1nnnc1-c1ccc(N)cc1. The van der Waals surface area contributed by atoms with E-state index in [-0.39, 0.29) is 11.8 Å². The van der Waals surface area contributed by atoms with E-state index >= 15 is 0 Å². The Hall–Kier alpha value is -1.96. The number of hydrogen-bond acceptors (Lipinski definition) is 6. The lowest BCUT2D eigenvalue weighted by Gasteiger charge is -2.12. The second kappa shape index (κ2) is 4.96. The van der Waals surface area contributed by atoms with E-state index in [2.05, 4.69) is 15.5 Å². The van der Waals surface area contributed by atoms with Gasteiger partial charge in [0.05, 0.1) is 11.8 Å². The van der Waals surface area contributed by atoms with Crippen molar-refractivity contribution in [2.45, 2.75) is 13.0 Å². The molecule has 2 N–H and O–H groups in total. The Labute approximate surface area is 111 Å².